The minimum Gasteiger partial charge on any atom is -0.351 e. The Bertz CT molecular complexity index is 862. The number of carbonyl (C=O) groups excluding carboxylic acids is 2. The van der Waals surface area contributed by atoms with Gasteiger partial charge < -0.3 is 9.88 Å². The van der Waals surface area contributed by atoms with Gasteiger partial charge in [0.2, 0.25) is 5.91 Å². The predicted octanol–water partition coefficient (Wildman–Crippen LogP) is 2.81. The van der Waals surface area contributed by atoms with Gasteiger partial charge in [-0.15, -0.1) is 0 Å². The average molecular weight is 367 g/mol. The predicted molar refractivity (Wildman–Crippen MR) is 91.7 cm³/mol. The number of benzene rings is 1. The van der Waals surface area contributed by atoms with Crippen LogP contribution in [-0.4, -0.2) is 41.3 Å². The highest BCUT2D eigenvalue weighted by molar-refractivity contribution is 5.99. The number of anilines is 1. The third-order valence-electron chi connectivity index (χ3n) is 4.21. The zero-order valence-corrected chi connectivity index (χ0v) is 15.0. The highest BCUT2D eigenvalue weighted by Gasteiger charge is 2.19. The monoisotopic (exact) mass is 367 g/mol. The van der Waals surface area contributed by atoms with Crippen LogP contribution < -0.4 is 5.32 Å². The van der Waals surface area contributed by atoms with E-state index in [1.54, 1.807) is 13.1 Å². The summed E-state index contributed by atoms with van der Waals surface area (Å²) in [5.74, 6) is -5.25. The molecule has 0 atom stereocenters. The van der Waals surface area contributed by atoms with E-state index in [-0.39, 0.29) is 18.9 Å². The molecule has 0 aliphatic rings. The van der Waals surface area contributed by atoms with Gasteiger partial charge in [0, 0.05) is 24.0 Å². The Morgan fingerprint density at radius 3 is 2.35 bits per heavy atom. The Morgan fingerprint density at radius 1 is 1.12 bits per heavy atom. The van der Waals surface area contributed by atoms with Crippen LogP contribution in [0.1, 0.15) is 21.7 Å². The second-order valence-corrected chi connectivity index (χ2v) is 6.21. The Labute approximate surface area is 149 Å². The molecule has 0 aliphatic heterocycles. The van der Waals surface area contributed by atoms with Crippen molar-refractivity contribution in [3.8, 4) is 0 Å². The summed E-state index contributed by atoms with van der Waals surface area (Å²) in [6.45, 7) is 3.49. The summed E-state index contributed by atoms with van der Waals surface area (Å²) in [5, 5.41) is 2.17. The van der Waals surface area contributed by atoms with Gasteiger partial charge in [0.15, 0.2) is 23.2 Å². The van der Waals surface area contributed by atoms with Crippen LogP contribution in [0, 0.1) is 31.3 Å². The molecule has 0 spiro atoms. The van der Waals surface area contributed by atoms with Gasteiger partial charge in [0.25, 0.3) is 0 Å². The van der Waals surface area contributed by atoms with E-state index in [0.717, 1.165) is 23.5 Å². The fourth-order valence-electron chi connectivity index (χ4n) is 2.58. The Hall–Kier alpha value is -2.61. The SMILES string of the molecule is Cc1cc(C(=O)CN(C)CC(=O)Nc2ccc(F)c(F)c2F)c(C)n1C. The van der Waals surface area contributed by atoms with Crippen LogP contribution in [0.5, 0.6) is 0 Å². The number of amides is 1. The van der Waals surface area contributed by atoms with Gasteiger partial charge >= 0.3 is 0 Å². The first-order valence-corrected chi connectivity index (χ1v) is 7.89. The molecule has 0 aliphatic carbocycles. The van der Waals surface area contributed by atoms with Crippen LogP contribution in [0.3, 0.4) is 0 Å². The molecule has 1 aromatic carbocycles. The first-order valence-electron chi connectivity index (χ1n) is 7.89. The number of Topliss-reactive ketones (excluding diaryl/α,β-unsaturated/α-hetero) is 1. The quantitative estimate of drug-likeness (QED) is 0.631. The zero-order chi connectivity index (χ0) is 19.6. The molecule has 1 amide bonds. The maximum Gasteiger partial charge on any atom is 0.238 e. The van der Waals surface area contributed by atoms with E-state index in [0.29, 0.717) is 5.56 Å². The van der Waals surface area contributed by atoms with Crippen molar-refractivity contribution in [2.75, 3.05) is 25.5 Å². The maximum absolute atomic E-state index is 13.6. The van der Waals surface area contributed by atoms with Crippen LogP contribution in [0.15, 0.2) is 18.2 Å². The summed E-state index contributed by atoms with van der Waals surface area (Å²) in [6.07, 6.45) is 0. The van der Waals surface area contributed by atoms with Crippen LogP contribution in [0.4, 0.5) is 18.9 Å². The summed E-state index contributed by atoms with van der Waals surface area (Å²) in [7, 11) is 3.42. The van der Waals surface area contributed by atoms with E-state index < -0.39 is 29.0 Å². The highest BCUT2D eigenvalue weighted by atomic mass is 19.2. The van der Waals surface area contributed by atoms with E-state index in [4.69, 9.17) is 0 Å². The molecule has 2 rings (SSSR count). The third-order valence-corrected chi connectivity index (χ3v) is 4.21. The van der Waals surface area contributed by atoms with Gasteiger partial charge in [-0.3, -0.25) is 14.5 Å². The molecule has 0 saturated carbocycles. The summed E-state index contributed by atoms with van der Waals surface area (Å²) in [6, 6.07) is 3.44. The number of rotatable bonds is 6. The van der Waals surface area contributed by atoms with Crippen molar-refractivity contribution in [2.24, 2.45) is 7.05 Å². The van der Waals surface area contributed by atoms with Gasteiger partial charge in [0.05, 0.1) is 18.8 Å². The molecule has 0 unspecified atom stereocenters. The minimum atomic E-state index is -1.65. The molecule has 0 fully saturated rings. The van der Waals surface area contributed by atoms with Gasteiger partial charge in [-0.25, -0.2) is 13.2 Å². The number of hydrogen-bond acceptors (Lipinski definition) is 3. The third kappa shape index (κ3) is 4.13. The van der Waals surface area contributed by atoms with Crippen LogP contribution >= 0.6 is 0 Å². The number of carbonyl (C=O) groups is 2. The molecular formula is C18H20F3N3O2. The number of ketones is 1. The van der Waals surface area contributed by atoms with Crippen molar-refractivity contribution in [3.63, 3.8) is 0 Å². The van der Waals surface area contributed by atoms with Crippen molar-refractivity contribution >= 4 is 17.4 Å². The van der Waals surface area contributed by atoms with Gasteiger partial charge in [0.1, 0.15) is 0 Å². The van der Waals surface area contributed by atoms with Gasteiger partial charge in [-0.05, 0) is 39.1 Å². The fourth-order valence-corrected chi connectivity index (χ4v) is 2.58. The molecule has 140 valence electrons. The van der Waals surface area contributed by atoms with Gasteiger partial charge in [-0.1, -0.05) is 0 Å². The molecule has 5 nitrogen and oxygen atoms in total. The number of nitrogens with one attached hydrogen (secondary N) is 1. The Balaban J connectivity index is 1.98. The highest BCUT2D eigenvalue weighted by Crippen LogP contribution is 2.19. The van der Waals surface area contributed by atoms with E-state index >= 15 is 0 Å². The fraction of sp³-hybridized carbons (Fsp3) is 0.333. The van der Waals surface area contributed by atoms with Crippen molar-refractivity contribution < 1.29 is 22.8 Å². The first-order chi connectivity index (χ1) is 12.1. The largest absolute Gasteiger partial charge is 0.351 e. The van der Waals surface area contributed by atoms with Gasteiger partial charge in [-0.2, -0.15) is 0 Å². The lowest BCUT2D eigenvalue weighted by Gasteiger charge is -2.16. The summed E-state index contributed by atoms with van der Waals surface area (Å²) >= 11 is 0. The molecule has 26 heavy (non-hydrogen) atoms. The Kier molecular flexibility index (Phi) is 5.86. The number of aromatic nitrogens is 1. The van der Waals surface area contributed by atoms with Crippen LogP contribution in [0.2, 0.25) is 0 Å². The van der Waals surface area contributed by atoms with E-state index in [1.807, 2.05) is 25.5 Å². The minimum absolute atomic E-state index is 0.0159. The lowest BCUT2D eigenvalue weighted by Crippen LogP contribution is -2.34. The second-order valence-electron chi connectivity index (χ2n) is 6.21. The molecule has 2 aromatic rings. The first kappa shape index (κ1) is 19.7. The lowest BCUT2D eigenvalue weighted by molar-refractivity contribution is -0.116. The number of hydrogen-bond donors (Lipinski definition) is 1. The average Bonchev–Trinajstić information content (AvgIpc) is 2.82. The van der Waals surface area contributed by atoms with Crippen molar-refractivity contribution in [2.45, 2.75) is 13.8 Å². The molecule has 1 aromatic heterocycles. The second kappa shape index (κ2) is 7.74. The maximum atomic E-state index is 13.6. The molecule has 8 heteroatoms. The van der Waals surface area contributed by atoms with E-state index in [9.17, 15) is 22.8 Å². The normalized spacial score (nSPS) is 11.1. The molecule has 0 bridgehead atoms. The molecule has 1 heterocycles. The topological polar surface area (TPSA) is 54.3 Å². The van der Waals surface area contributed by atoms with Crippen LogP contribution in [0.25, 0.3) is 0 Å². The van der Waals surface area contributed by atoms with Crippen LogP contribution in [-0.2, 0) is 11.8 Å². The summed E-state index contributed by atoms with van der Waals surface area (Å²) in [4.78, 5) is 25.8. The molecule has 0 saturated heterocycles. The zero-order valence-electron chi connectivity index (χ0n) is 15.0. The number of nitrogens with zero attached hydrogens (tertiary/aromatic N) is 2. The van der Waals surface area contributed by atoms with E-state index in [1.165, 1.54) is 4.90 Å². The van der Waals surface area contributed by atoms with Crippen molar-refractivity contribution in [1.29, 1.82) is 0 Å². The Morgan fingerprint density at radius 2 is 1.77 bits per heavy atom. The number of likely N-dealkylation sites (N-methyl/N-ethyl adjacent to an activating group) is 1. The lowest BCUT2D eigenvalue weighted by atomic mass is 10.1. The summed E-state index contributed by atoms with van der Waals surface area (Å²) < 4.78 is 41.5. The summed E-state index contributed by atoms with van der Waals surface area (Å²) in [5.41, 5.74) is 1.89. The number of halogens is 3. The van der Waals surface area contributed by atoms with Crippen molar-refractivity contribution in [1.82, 2.24) is 9.47 Å². The molecule has 0 radical (unpaired) electrons. The van der Waals surface area contributed by atoms with Crippen molar-refractivity contribution in [3.05, 3.63) is 52.6 Å². The number of aryl methyl sites for hydroxylation is 1. The smallest absolute Gasteiger partial charge is 0.238 e. The molecular weight excluding hydrogens is 347 g/mol. The molecule has 1 N–H and O–H groups in total. The van der Waals surface area contributed by atoms with E-state index in [2.05, 4.69) is 5.32 Å². The standard InChI is InChI=1S/C18H20F3N3O2/c1-10-7-12(11(2)24(10)4)15(25)8-23(3)9-16(26)22-14-6-5-13(19)17(20)18(14)21/h5-7H,8-9H2,1-4H3,(H,22,26).